The van der Waals surface area contributed by atoms with Crippen LogP contribution in [0.15, 0.2) is 53.9 Å². The fourth-order valence-electron chi connectivity index (χ4n) is 2.79. The minimum Gasteiger partial charge on any atom is -0.462 e. The summed E-state index contributed by atoms with van der Waals surface area (Å²) < 4.78 is 32.6. The van der Waals surface area contributed by atoms with Crippen LogP contribution >= 0.6 is 0 Å². The zero-order valence-corrected chi connectivity index (χ0v) is 17.2. The molecular formula is C20H22N2O6S. The molecule has 0 unspecified atom stereocenters. The van der Waals surface area contributed by atoms with Gasteiger partial charge in [-0.2, -0.15) is 0 Å². The monoisotopic (exact) mass is 418 g/mol. The van der Waals surface area contributed by atoms with E-state index in [2.05, 4.69) is 6.58 Å². The van der Waals surface area contributed by atoms with E-state index in [-0.39, 0.29) is 23.7 Å². The molecule has 0 aliphatic heterocycles. The molecule has 2 aromatic carbocycles. The first-order chi connectivity index (χ1) is 13.6. The first-order valence-corrected chi connectivity index (χ1v) is 10.2. The lowest BCUT2D eigenvalue weighted by atomic mass is 10.1. The second-order valence-corrected chi connectivity index (χ2v) is 8.11. The number of carbonyl (C=O) groups is 1. The van der Waals surface area contributed by atoms with Gasteiger partial charge in [0.15, 0.2) is 0 Å². The molecule has 154 valence electrons. The van der Waals surface area contributed by atoms with E-state index >= 15 is 0 Å². The SMILES string of the molecule is C=CCN(c1ccc(C(=O)OCC)cc1C)S(=O)(=O)c1ccc(C)c([N+](=O)[O-])c1. The molecule has 0 bridgehead atoms. The van der Waals surface area contributed by atoms with Crippen molar-refractivity contribution < 1.29 is 22.9 Å². The van der Waals surface area contributed by atoms with Crippen LogP contribution in [0.5, 0.6) is 0 Å². The van der Waals surface area contributed by atoms with Crippen LogP contribution < -0.4 is 4.31 Å². The molecule has 0 radical (unpaired) electrons. The number of rotatable bonds is 8. The molecule has 0 saturated heterocycles. The van der Waals surface area contributed by atoms with E-state index in [1.807, 2.05) is 0 Å². The summed E-state index contributed by atoms with van der Waals surface area (Å²) in [6, 6.07) is 8.29. The van der Waals surface area contributed by atoms with E-state index < -0.39 is 20.9 Å². The van der Waals surface area contributed by atoms with Crippen LogP contribution in [0, 0.1) is 24.0 Å². The molecule has 0 fully saturated rings. The average molecular weight is 418 g/mol. The van der Waals surface area contributed by atoms with Crippen molar-refractivity contribution in [3.05, 3.63) is 75.9 Å². The Balaban J connectivity index is 2.56. The average Bonchev–Trinajstić information content (AvgIpc) is 2.66. The van der Waals surface area contributed by atoms with Crippen LogP contribution in [0.25, 0.3) is 0 Å². The molecule has 0 aliphatic rings. The van der Waals surface area contributed by atoms with Gasteiger partial charge in [0.2, 0.25) is 0 Å². The lowest BCUT2D eigenvalue weighted by Crippen LogP contribution is -2.32. The Morgan fingerprint density at radius 1 is 1.21 bits per heavy atom. The van der Waals surface area contributed by atoms with Gasteiger partial charge in [0, 0.05) is 11.6 Å². The van der Waals surface area contributed by atoms with E-state index in [9.17, 15) is 23.3 Å². The van der Waals surface area contributed by atoms with Gasteiger partial charge in [0.1, 0.15) is 0 Å². The van der Waals surface area contributed by atoms with Crippen molar-refractivity contribution in [3.63, 3.8) is 0 Å². The van der Waals surface area contributed by atoms with E-state index in [4.69, 9.17) is 4.74 Å². The lowest BCUT2D eigenvalue weighted by molar-refractivity contribution is -0.385. The van der Waals surface area contributed by atoms with Gasteiger partial charge in [-0.3, -0.25) is 14.4 Å². The van der Waals surface area contributed by atoms with Gasteiger partial charge in [-0.15, -0.1) is 6.58 Å². The summed E-state index contributed by atoms with van der Waals surface area (Å²) in [6.07, 6.45) is 1.42. The highest BCUT2D eigenvalue weighted by Crippen LogP contribution is 2.30. The molecule has 2 rings (SSSR count). The number of aryl methyl sites for hydroxylation is 2. The summed E-state index contributed by atoms with van der Waals surface area (Å²) >= 11 is 0. The molecule has 8 nitrogen and oxygen atoms in total. The maximum absolute atomic E-state index is 13.2. The molecule has 0 aromatic heterocycles. The number of ether oxygens (including phenoxy) is 1. The third kappa shape index (κ3) is 4.62. The summed E-state index contributed by atoms with van der Waals surface area (Å²) in [5.74, 6) is -0.505. The highest BCUT2D eigenvalue weighted by Gasteiger charge is 2.28. The molecule has 0 amide bonds. The second kappa shape index (κ2) is 8.87. The topological polar surface area (TPSA) is 107 Å². The van der Waals surface area contributed by atoms with E-state index in [1.54, 1.807) is 13.8 Å². The number of carbonyl (C=O) groups excluding carboxylic acids is 1. The van der Waals surface area contributed by atoms with Gasteiger partial charge in [0.05, 0.1) is 34.2 Å². The van der Waals surface area contributed by atoms with Gasteiger partial charge < -0.3 is 4.74 Å². The largest absolute Gasteiger partial charge is 0.462 e. The van der Waals surface area contributed by atoms with Crippen LogP contribution in [0.2, 0.25) is 0 Å². The standard InChI is InChI=1S/C20H22N2O6S/c1-5-11-21(18-10-8-16(12-15(18)4)20(23)28-6-2)29(26,27)17-9-7-14(3)19(13-17)22(24)25/h5,7-10,12-13H,1,6,11H2,2-4H3. The molecule has 0 spiro atoms. The van der Waals surface area contributed by atoms with Crippen LogP contribution in [0.1, 0.15) is 28.4 Å². The van der Waals surface area contributed by atoms with Gasteiger partial charge in [0.25, 0.3) is 15.7 Å². The van der Waals surface area contributed by atoms with E-state index in [1.165, 1.54) is 43.3 Å². The number of benzene rings is 2. The maximum Gasteiger partial charge on any atom is 0.338 e. The lowest BCUT2D eigenvalue weighted by Gasteiger charge is -2.25. The van der Waals surface area contributed by atoms with Crippen molar-refractivity contribution in [1.29, 1.82) is 0 Å². The predicted octanol–water partition coefficient (Wildman–Crippen LogP) is 3.77. The molecular weight excluding hydrogens is 396 g/mol. The number of nitro groups is 1. The number of sulfonamides is 1. The van der Waals surface area contributed by atoms with E-state index in [0.717, 1.165) is 10.4 Å². The Kier molecular flexibility index (Phi) is 6.76. The van der Waals surface area contributed by atoms with Crippen molar-refractivity contribution in [2.75, 3.05) is 17.5 Å². The minimum atomic E-state index is -4.11. The maximum atomic E-state index is 13.2. The third-order valence-corrected chi connectivity index (χ3v) is 6.01. The molecule has 2 aromatic rings. The summed E-state index contributed by atoms with van der Waals surface area (Å²) in [7, 11) is -4.11. The summed E-state index contributed by atoms with van der Waals surface area (Å²) in [5.41, 5.74) is 1.25. The molecule has 9 heteroatoms. The van der Waals surface area contributed by atoms with Crippen LogP contribution in [-0.4, -0.2) is 32.5 Å². The first kappa shape index (κ1) is 22.1. The summed E-state index contributed by atoms with van der Waals surface area (Å²) in [6.45, 7) is 8.67. The number of nitro benzene ring substituents is 1. The fourth-order valence-corrected chi connectivity index (χ4v) is 4.31. The molecule has 0 heterocycles. The normalized spacial score (nSPS) is 11.0. The Morgan fingerprint density at radius 3 is 2.45 bits per heavy atom. The van der Waals surface area contributed by atoms with Crippen molar-refractivity contribution in [2.24, 2.45) is 0 Å². The highest BCUT2D eigenvalue weighted by molar-refractivity contribution is 7.92. The molecule has 0 aliphatic carbocycles. The predicted molar refractivity (Wildman–Crippen MR) is 110 cm³/mol. The summed E-state index contributed by atoms with van der Waals surface area (Å²) in [5, 5.41) is 11.2. The number of esters is 1. The highest BCUT2D eigenvalue weighted by atomic mass is 32.2. The first-order valence-electron chi connectivity index (χ1n) is 8.80. The second-order valence-electron chi connectivity index (χ2n) is 6.25. The Labute approximate surface area is 169 Å². The molecule has 29 heavy (non-hydrogen) atoms. The Hall–Kier alpha value is -3.20. The van der Waals surface area contributed by atoms with Gasteiger partial charge in [-0.25, -0.2) is 13.2 Å². The van der Waals surface area contributed by atoms with Gasteiger partial charge in [-0.1, -0.05) is 12.1 Å². The van der Waals surface area contributed by atoms with Crippen molar-refractivity contribution in [1.82, 2.24) is 0 Å². The number of anilines is 1. The van der Waals surface area contributed by atoms with E-state index in [0.29, 0.717) is 22.4 Å². The zero-order chi connectivity index (χ0) is 21.8. The molecule has 0 saturated carbocycles. The number of nitrogens with zero attached hydrogens (tertiary/aromatic N) is 2. The van der Waals surface area contributed by atoms with Crippen molar-refractivity contribution >= 4 is 27.4 Å². The Bertz CT molecular complexity index is 1060. The van der Waals surface area contributed by atoms with Gasteiger partial charge in [-0.05, 0) is 50.6 Å². The van der Waals surface area contributed by atoms with Crippen LogP contribution in [0.4, 0.5) is 11.4 Å². The minimum absolute atomic E-state index is 0.0520. The van der Waals surface area contributed by atoms with Crippen molar-refractivity contribution in [3.8, 4) is 0 Å². The van der Waals surface area contributed by atoms with Crippen LogP contribution in [-0.2, 0) is 14.8 Å². The van der Waals surface area contributed by atoms with Gasteiger partial charge >= 0.3 is 5.97 Å². The van der Waals surface area contributed by atoms with Crippen molar-refractivity contribution in [2.45, 2.75) is 25.7 Å². The fraction of sp³-hybridized carbons (Fsp3) is 0.250. The third-order valence-electron chi connectivity index (χ3n) is 4.24. The molecule has 0 atom stereocenters. The quantitative estimate of drug-likeness (QED) is 0.280. The summed E-state index contributed by atoms with van der Waals surface area (Å²) in [4.78, 5) is 22.3. The van der Waals surface area contributed by atoms with Crippen LogP contribution in [0.3, 0.4) is 0 Å². The number of hydrogen-bond donors (Lipinski definition) is 0. The number of hydrogen-bond acceptors (Lipinski definition) is 6. The molecule has 0 N–H and O–H groups in total. The zero-order valence-electron chi connectivity index (χ0n) is 16.4. The Morgan fingerprint density at radius 2 is 1.90 bits per heavy atom. The smallest absolute Gasteiger partial charge is 0.338 e.